The minimum Gasteiger partial charge on any atom is -0.496 e. The lowest BCUT2D eigenvalue weighted by Crippen LogP contribution is -2.59. The lowest BCUT2D eigenvalue weighted by Gasteiger charge is -2.60. The second kappa shape index (κ2) is 16.8. The van der Waals surface area contributed by atoms with E-state index >= 15 is 0 Å². The van der Waals surface area contributed by atoms with Gasteiger partial charge in [0.05, 0.1) is 32.4 Å². The first-order valence-electron chi connectivity index (χ1n) is 19.4. The van der Waals surface area contributed by atoms with Crippen LogP contribution in [0.2, 0.25) is 0 Å². The van der Waals surface area contributed by atoms with Gasteiger partial charge in [0, 0.05) is 55.9 Å². The van der Waals surface area contributed by atoms with E-state index in [1.54, 1.807) is 38.3 Å². The summed E-state index contributed by atoms with van der Waals surface area (Å²) in [5, 5.41) is 31.7. The van der Waals surface area contributed by atoms with E-state index in [0.29, 0.717) is 46.3 Å². The van der Waals surface area contributed by atoms with E-state index in [4.69, 9.17) is 9.57 Å². The van der Waals surface area contributed by atoms with Crippen LogP contribution in [0, 0.1) is 23.2 Å². The zero-order valence-electron chi connectivity index (χ0n) is 33.5. The van der Waals surface area contributed by atoms with Crippen LogP contribution >= 0.6 is 0 Å². The predicted octanol–water partition coefficient (Wildman–Crippen LogP) is 4.10. The Balaban J connectivity index is 1.29. The van der Waals surface area contributed by atoms with Crippen LogP contribution in [0.15, 0.2) is 78.9 Å². The molecule has 1 aliphatic heterocycles. The number of ether oxygens (including phenoxy) is 1. The van der Waals surface area contributed by atoms with E-state index in [0.717, 1.165) is 29.7 Å². The summed E-state index contributed by atoms with van der Waals surface area (Å²) in [7, 11) is 6.88. The van der Waals surface area contributed by atoms with Crippen LogP contribution in [0.4, 0.5) is 5.69 Å². The maximum atomic E-state index is 14.2. The van der Waals surface area contributed by atoms with Gasteiger partial charge < -0.3 is 35.8 Å². The number of para-hydroxylation sites is 1. The largest absolute Gasteiger partial charge is 0.496 e. The molecule has 5 N–H and O–H groups in total. The number of anilines is 1. The summed E-state index contributed by atoms with van der Waals surface area (Å²) in [6, 6.07) is 18.8. The van der Waals surface area contributed by atoms with E-state index in [1.807, 2.05) is 73.6 Å². The van der Waals surface area contributed by atoms with Crippen molar-refractivity contribution in [1.29, 1.82) is 0 Å². The Morgan fingerprint density at radius 2 is 1.80 bits per heavy atom. The fourth-order valence-electron chi connectivity index (χ4n) is 8.98. The summed E-state index contributed by atoms with van der Waals surface area (Å²) in [4.78, 5) is 49.2. The van der Waals surface area contributed by atoms with Gasteiger partial charge in [0.1, 0.15) is 23.9 Å². The van der Waals surface area contributed by atoms with Crippen LogP contribution in [0.3, 0.4) is 0 Å². The molecule has 1 heterocycles. The normalized spacial score (nSPS) is 25.1. The molecule has 4 aliphatic rings. The van der Waals surface area contributed by atoms with E-state index < -0.39 is 36.1 Å². The Labute approximate surface area is 330 Å². The molecule has 0 unspecified atom stereocenters. The third kappa shape index (κ3) is 8.06. The molecule has 3 aromatic rings. The molecule has 7 rings (SSSR count). The molecular formula is C44H57N5O7. The summed E-state index contributed by atoms with van der Waals surface area (Å²) in [6.45, 7) is 10.3. The molecule has 56 heavy (non-hydrogen) atoms. The molecule has 1 saturated heterocycles. The minimum atomic E-state index is -0.947. The molecule has 12 heteroatoms. The number of aliphatic hydroxyl groups is 2. The molecule has 12 nitrogen and oxygen atoms in total. The van der Waals surface area contributed by atoms with Gasteiger partial charge in [-0.3, -0.25) is 19.2 Å². The standard InChI is InChI=1S/C44H57N5O7/c1-25-34-21-31(44(34,3)4)22-35(25)46-43(54)39-38(26(2)51)37(24-50)56-49(39)23-28-15-12-16-33(40(28)55-8)29-18-30(20-32(19-29)48(6)7)41(52)47-36(42(53)45-5)17-27-13-10-9-11-14-27/h9-16,18-20,26,31,34-39,50-51H,1,17,21-24H2,2-8H3,(H,45,53)(H,46,54)(H,47,52)/t26-,31+,34-,35-,36-,37-,38+,39-/m0/s1. The zero-order valence-corrected chi connectivity index (χ0v) is 33.5. The highest BCUT2D eigenvalue weighted by atomic mass is 16.7. The molecule has 3 amide bonds. The van der Waals surface area contributed by atoms with E-state index in [1.165, 1.54) is 0 Å². The maximum Gasteiger partial charge on any atom is 0.252 e. The first kappa shape index (κ1) is 40.9. The quantitative estimate of drug-likeness (QED) is 0.153. The van der Waals surface area contributed by atoms with Crippen molar-refractivity contribution < 1.29 is 34.2 Å². The van der Waals surface area contributed by atoms with Crippen molar-refractivity contribution >= 4 is 23.4 Å². The Hall–Kier alpha value is -4.75. The Morgan fingerprint density at radius 1 is 1.07 bits per heavy atom. The molecule has 8 atom stereocenters. The van der Waals surface area contributed by atoms with Crippen molar-refractivity contribution in [1.82, 2.24) is 21.0 Å². The van der Waals surface area contributed by atoms with Crippen molar-refractivity contribution in [3.05, 3.63) is 95.6 Å². The fourth-order valence-corrected chi connectivity index (χ4v) is 8.98. The molecule has 3 saturated carbocycles. The average Bonchev–Trinajstić information content (AvgIpc) is 3.56. The average molecular weight is 768 g/mol. The van der Waals surface area contributed by atoms with Crippen LogP contribution in [-0.4, -0.2) is 98.2 Å². The molecular weight excluding hydrogens is 711 g/mol. The van der Waals surface area contributed by atoms with Crippen molar-refractivity contribution in [3.8, 4) is 16.9 Å². The van der Waals surface area contributed by atoms with Crippen LogP contribution in [0.1, 0.15) is 55.1 Å². The molecule has 0 aromatic heterocycles. The van der Waals surface area contributed by atoms with Crippen molar-refractivity contribution in [2.24, 2.45) is 23.2 Å². The summed E-state index contributed by atoms with van der Waals surface area (Å²) in [6.07, 6.45) is 0.467. The Morgan fingerprint density at radius 3 is 2.41 bits per heavy atom. The summed E-state index contributed by atoms with van der Waals surface area (Å²) >= 11 is 0. The fraction of sp³-hybridized carbons (Fsp3) is 0.477. The molecule has 2 bridgehead atoms. The first-order chi connectivity index (χ1) is 26.7. The molecule has 300 valence electrons. The number of nitrogens with one attached hydrogen (secondary N) is 3. The lowest BCUT2D eigenvalue weighted by atomic mass is 9.46. The van der Waals surface area contributed by atoms with Crippen LogP contribution in [-0.2, 0) is 27.4 Å². The van der Waals surface area contributed by atoms with Gasteiger partial charge in [-0.15, -0.1) is 0 Å². The van der Waals surface area contributed by atoms with Crippen molar-refractivity contribution in [3.63, 3.8) is 0 Å². The second-order valence-electron chi connectivity index (χ2n) is 16.3. The van der Waals surface area contributed by atoms with Crippen molar-refractivity contribution in [2.75, 3.05) is 39.8 Å². The van der Waals surface area contributed by atoms with Gasteiger partial charge in [0.15, 0.2) is 0 Å². The molecule has 0 radical (unpaired) electrons. The maximum absolute atomic E-state index is 14.2. The van der Waals surface area contributed by atoms with Gasteiger partial charge in [0.25, 0.3) is 5.91 Å². The van der Waals surface area contributed by atoms with Gasteiger partial charge in [-0.2, -0.15) is 5.06 Å². The van der Waals surface area contributed by atoms with Gasteiger partial charge in [0.2, 0.25) is 11.8 Å². The smallest absolute Gasteiger partial charge is 0.252 e. The Bertz CT molecular complexity index is 1930. The van der Waals surface area contributed by atoms with Gasteiger partial charge >= 0.3 is 0 Å². The number of amides is 3. The van der Waals surface area contributed by atoms with Crippen LogP contribution in [0.25, 0.3) is 11.1 Å². The lowest BCUT2D eigenvalue weighted by molar-refractivity contribution is -0.182. The third-order valence-corrected chi connectivity index (χ3v) is 12.4. The third-order valence-electron chi connectivity index (χ3n) is 12.4. The highest BCUT2D eigenvalue weighted by Gasteiger charge is 2.56. The van der Waals surface area contributed by atoms with Gasteiger partial charge in [-0.1, -0.05) is 74.5 Å². The van der Waals surface area contributed by atoms with Crippen molar-refractivity contribution in [2.45, 2.75) is 76.9 Å². The van der Waals surface area contributed by atoms with Gasteiger partial charge in [-0.05, 0) is 66.3 Å². The number of carbonyl (C=O) groups excluding carboxylic acids is 3. The highest BCUT2D eigenvalue weighted by molar-refractivity contribution is 5.99. The van der Waals surface area contributed by atoms with Crippen LogP contribution in [0.5, 0.6) is 5.75 Å². The number of rotatable bonds is 14. The minimum absolute atomic E-state index is 0.104. The second-order valence-corrected chi connectivity index (χ2v) is 16.3. The number of aliphatic hydroxyl groups excluding tert-OH is 2. The SMILES string of the molecule is C=C1[C@@H](NC(=O)[C@@H]2[C@H]([C@H](C)O)[C@H](CO)ON2Cc2cccc(-c3cc(C(=O)N[C@@H](Cc4ccccc4)C(=O)NC)cc(N(C)C)c3)c2OC)C[C@H]2C[C@@H]1C2(C)C. The number of methoxy groups -OCH3 is 1. The number of hydrogen-bond donors (Lipinski definition) is 5. The molecule has 3 aliphatic carbocycles. The number of likely N-dealkylation sites (N-methyl/N-ethyl adjacent to an activating group) is 1. The number of carbonyl (C=O) groups is 3. The van der Waals surface area contributed by atoms with E-state index in [-0.39, 0.29) is 36.4 Å². The van der Waals surface area contributed by atoms with E-state index in [2.05, 4.69) is 36.4 Å². The molecule has 4 fully saturated rings. The molecule has 0 spiro atoms. The monoisotopic (exact) mass is 767 g/mol. The first-order valence-corrected chi connectivity index (χ1v) is 19.4. The topological polar surface area (TPSA) is 153 Å². The Kier molecular flexibility index (Phi) is 12.2. The highest BCUT2D eigenvalue weighted by Crippen LogP contribution is 2.60. The number of fused-ring (bicyclic) bond motifs is 2. The number of benzene rings is 3. The molecule has 3 aromatic carbocycles. The number of hydrogen-bond acceptors (Lipinski definition) is 9. The van der Waals surface area contributed by atoms with E-state index in [9.17, 15) is 24.6 Å². The summed E-state index contributed by atoms with van der Waals surface area (Å²) in [5.41, 5.74) is 5.32. The number of hydroxylamine groups is 2. The summed E-state index contributed by atoms with van der Waals surface area (Å²) < 4.78 is 6.05. The zero-order chi connectivity index (χ0) is 40.5. The predicted molar refractivity (Wildman–Crippen MR) is 216 cm³/mol. The summed E-state index contributed by atoms with van der Waals surface area (Å²) in [5.74, 6) is -0.352. The van der Waals surface area contributed by atoms with Gasteiger partial charge in [-0.25, -0.2) is 0 Å². The van der Waals surface area contributed by atoms with Crippen LogP contribution < -0.4 is 25.6 Å². The number of nitrogens with zero attached hydrogens (tertiary/aromatic N) is 2.